The van der Waals surface area contributed by atoms with Crippen LogP contribution in [0, 0.1) is 5.92 Å². The van der Waals surface area contributed by atoms with E-state index in [9.17, 15) is 17.4 Å². The zero-order valence-electron chi connectivity index (χ0n) is 17.1. The molecule has 1 aromatic heterocycles. The fourth-order valence-corrected chi connectivity index (χ4v) is 3.86. The largest absolute Gasteiger partial charge is 0.395 e. The minimum absolute atomic E-state index is 0.100. The van der Waals surface area contributed by atoms with Crippen molar-refractivity contribution in [1.82, 2.24) is 20.1 Å². The van der Waals surface area contributed by atoms with Gasteiger partial charge in [0.05, 0.1) is 29.0 Å². The van der Waals surface area contributed by atoms with E-state index in [0.717, 1.165) is 12.5 Å². The lowest BCUT2D eigenvalue weighted by molar-refractivity contribution is -0.159. The monoisotopic (exact) mass is 438 g/mol. The van der Waals surface area contributed by atoms with Gasteiger partial charge in [-0.3, -0.25) is 8.78 Å². The molecule has 1 N–H and O–H groups in total. The van der Waals surface area contributed by atoms with E-state index in [-0.39, 0.29) is 23.0 Å². The molecule has 0 radical (unpaired) electrons. The lowest BCUT2D eigenvalue weighted by Gasteiger charge is -2.20. The maximum atomic E-state index is 13.1. The van der Waals surface area contributed by atoms with E-state index in [0.29, 0.717) is 11.5 Å². The van der Waals surface area contributed by atoms with E-state index in [1.807, 2.05) is 30.3 Å². The van der Waals surface area contributed by atoms with Crippen LogP contribution >= 0.6 is 0 Å². The van der Waals surface area contributed by atoms with E-state index in [2.05, 4.69) is 22.1 Å². The molecule has 0 saturated carbocycles. The molecule has 0 fully saturated rings. The number of allylic oxidation sites excluding steroid dienone is 3. The molecule has 162 valence electrons. The van der Waals surface area contributed by atoms with Crippen molar-refractivity contribution < 1.29 is 17.4 Å². The highest BCUT2D eigenvalue weighted by Crippen LogP contribution is 2.32. The van der Waals surface area contributed by atoms with Gasteiger partial charge in [0.1, 0.15) is 0 Å². The van der Waals surface area contributed by atoms with Crippen molar-refractivity contribution in [3.8, 4) is 0 Å². The molecule has 30 heavy (non-hydrogen) atoms. The molecule has 9 heteroatoms. The van der Waals surface area contributed by atoms with Crippen LogP contribution in [0.2, 0.25) is 0 Å². The molecule has 0 spiro atoms. The van der Waals surface area contributed by atoms with Crippen molar-refractivity contribution in [3.63, 3.8) is 0 Å². The molecule has 0 aliphatic heterocycles. The summed E-state index contributed by atoms with van der Waals surface area (Å²) in [5.41, 5.74) is 1.41. The third-order valence-corrected chi connectivity index (χ3v) is 5.88. The molecule has 2 unspecified atom stereocenters. The van der Waals surface area contributed by atoms with E-state index in [1.54, 1.807) is 19.1 Å². The number of nitrogens with one attached hydrogen (secondary N) is 1. The van der Waals surface area contributed by atoms with Gasteiger partial charge < -0.3 is 5.32 Å². The average molecular weight is 439 g/mol. The smallest absolute Gasteiger partial charge is 0.378 e. The van der Waals surface area contributed by atoms with Crippen LogP contribution in [-0.4, -0.2) is 25.1 Å². The highest BCUT2D eigenvalue weighted by atomic mass is 32.2. The lowest BCUT2D eigenvalue weighted by Crippen LogP contribution is -2.25. The fraction of sp³-hybridized carbons (Fsp3) is 0.333. The summed E-state index contributed by atoms with van der Waals surface area (Å²) < 4.78 is 53.5. The van der Waals surface area contributed by atoms with Crippen LogP contribution in [0.1, 0.15) is 32.2 Å². The first-order valence-corrected chi connectivity index (χ1v) is 10.6. The number of benzene rings is 1. The van der Waals surface area contributed by atoms with Gasteiger partial charge in [0.2, 0.25) is 5.16 Å². The van der Waals surface area contributed by atoms with E-state index < -0.39 is 22.9 Å². The van der Waals surface area contributed by atoms with Gasteiger partial charge in [0, 0.05) is 11.9 Å². The Bertz CT molecular complexity index is 949. The number of alkyl halides is 3. The zero-order valence-corrected chi connectivity index (χ0v) is 17.9. The van der Waals surface area contributed by atoms with Crippen LogP contribution in [0.25, 0.3) is 6.20 Å². The third kappa shape index (κ3) is 5.91. The fourth-order valence-electron chi connectivity index (χ4n) is 2.71. The molecule has 2 aromatic rings. The van der Waals surface area contributed by atoms with Crippen LogP contribution in [0.4, 0.5) is 13.2 Å². The molecule has 1 aromatic carbocycles. The second-order valence-corrected chi connectivity index (χ2v) is 7.99. The maximum absolute atomic E-state index is 13.1. The van der Waals surface area contributed by atoms with Crippen LogP contribution < -0.4 is 5.32 Å². The molecule has 5 nitrogen and oxygen atoms in total. The average Bonchev–Trinajstić information content (AvgIpc) is 3.13. The zero-order chi connectivity index (χ0) is 22.3. The van der Waals surface area contributed by atoms with Crippen molar-refractivity contribution in [1.29, 1.82) is 0 Å². The normalized spacial score (nSPS) is 15.0. The maximum Gasteiger partial charge on any atom is 0.395 e. The molecule has 0 aliphatic rings. The van der Waals surface area contributed by atoms with Crippen LogP contribution in [-0.2, 0) is 23.1 Å². The van der Waals surface area contributed by atoms with Gasteiger partial charge in [-0.05, 0) is 38.0 Å². The minimum atomic E-state index is -4.33. The summed E-state index contributed by atoms with van der Waals surface area (Å²) >= 11 is 0. The highest BCUT2D eigenvalue weighted by Gasteiger charge is 2.37. The van der Waals surface area contributed by atoms with E-state index in [4.69, 9.17) is 0 Å². The molecule has 2 rings (SSSR count). The molecule has 0 bridgehead atoms. The van der Waals surface area contributed by atoms with Crippen LogP contribution in [0.5, 0.6) is 0 Å². The standard InChI is InChI=1S/C21H25F3N4OS/c1-5-10-18(15(3)16(4)21(22,23)24)25-13-19-26-27-20(28(19)6-2)30(29)14-17-11-8-7-9-12-17/h5-12,16,25H,2,13-14H2,1,3-4H3/b10-5-,18-15+. The first-order valence-electron chi connectivity index (χ1n) is 9.31. The molecule has 0 saturated heterocycles. The van der Waals surface area contributed by atoms with Gasteiger partial charge in [-0.15, -0.1) is 10.2 Å². The van der Waals surface area contributed by atoms with Gasteiger partial charge in [-0.25, -0.2) is 0 Å². The molecular formula is C21H25F3N4OS. The summed E-state index contributed by atoms with van der Waals surface area (Å²) in [5, 5.41) is 11.3. The summed E-state index contributed by atoms with van der Waals surface area (Å²) in [6.07, 6.45) is 0.356. The Morgan fingerprint density at radius 2 is 1.97 bits per heavy atom. The van der Waals surface area contributed by atoms with Crippen LogP contribution in [0.3, 0.4) is 0 Å². The molecular weight excluding hydrogens is 413 g/mol. The van der Waals surface area contributed by atoms with Crippen molar-refractivity contribution in [2.24, 2.45) is 5.92 Å². The van der Waals surface area contributed by atoms with Gasteiger partial charge in [-0.1, -0.05) is 43.0 Å². The Morgan fingerprint density at radius 3 is 2.53 bits per heavy atom. The number of nitrogens with zero attached hydrogens (tertiary/aromatic N) is 3. The SMILES string of the molecule is C=Cn1c(CNC(/C=C\C)=C(\C)C(C)C(F)(F)F)nnc1S(=O)Cc1ccccc1. The Kier molecular flexibility index (Phi) is 8.16. The second-order valence-electron chi connectivity index (χ2n) is 6.64. The van der Waals surface area contributed by atoms with Crippen LogP contribution in [0.15, 0.2) is 65.5 Å². The topological polar surface area (TPSA) is 59.8 Å². The Hall–Kier alpha value is -2.68. The third-order valence-electron chi connectivity index (χ3n) is 4.60. The van der Waals surface area contributed by atoms with Gasteiger partial charge in [-0.2, -0.15) is 13.2 Å². The molecule has 0 amide bonds. The first kappa shape index (κ1) is 23.6. The number of halogens is 3. The lowest BCUT2D eigenvalue weighted by atomic mass is 9.99. The first-order chi connectivity index (χ1) is 14.2. The summed E-state index contributed by atoms with van der Waals surface area (Å²) in [7, 11) is -1.45. The van der Waals surface area contributed by atoms with E-state index >= 15 is 0 Å². The number of aromatic nitrogens is 3. The Balaban J connectivity index is 2.22. The second kappa shape index (κ2) is 10.4. The number of hydrogen-bond acceptors (Lipinski definition) is 4. The minimum Gasteiger partial charge on any atom is -0.378 e. The number of hydrogen-bond donors (Lipinski definition) is 1. The predicted octanol–water partition coefficient (Wildman–Crippen LogP) is 4.82. The predicted molar refractivity (Wildman–Crippen MR) is 113 cm³/mol. The molecule has 2 atom stereocenters. The van der Waals surface area contributed by atoms with Gasteiger partial charge >= 0.3 is 6.18 Å². The van der Waals surface area contributed by atoms with Crippen molar-refractivity contribution in [2.45, 2.75) is 44.4 Å². The quantitative estimate of drug-likeness (QED) is 0.570. The van der Waals surface area contributed by atoms with Gasteiger partial charge in [0.15, 0.2) is 5.82 Å². The van der Waals surface area contributed by atoms with Crippen molar-refractivity contribution in [3.05, 3.63) is 71.7 Å². The highest BCUT2D eigenvalue weighted by molar-refractivity contribution is 7.84. The van der Waals surface area contributed by atoms with Crippen molar-refractivity contribution >= 4 is 17.0 Å². The summed E-state index contributed by atoms with van der Waals surface area (Å²) in [5.74, 6) is -0.926. The summed E-state index contributed by atoms with van der Waals surface area (Å²) in [4.78, 5) is 0. The summed E-state index contributed by atoms with van der Waals surface area (Å²) in [6, 6.07) is 9.33. The van der Waals surface area contributed by atoms with Gasteiger partial charge in [0.25, 0.3) is 0 Å². The Labute approximate surface area is 176 Å². The molecule has 1 heterocycles. The number of rotatable bonds is 9. The summed E-state index contributed by atoms with van der Waals surface area (Å²) in [6.45, 7) is 8.11. The Morgan fingerprint density at radius 1 is 1.30 bits per heavy atom. The molecule has 0 aliphatic carbocycles. The van der Waals surface area contributed by atoms with E-state index in [1.165, 1.54) is 17.7 Å². The van der Waals surface area contributed by atoms with Crippen molar-refractivity contribution in [2.75, 3.05) is 0 Å².